The molecule has 1 aromatic carbocycles. The molecular formula is C29H30Cl2F3N9O3. The van der Waals surface area contributed by atoms with Gasteiger partial charge in [-0.2, -0.15) is 17.7 Å². The number of carbonyl (C=O) groups excluding carboxylic acids is 1. The SMILES string of the molecule is CCC(C(=O)O)N1CCC(c2nc3cc(-c4ccc(Cl)cc4Cl)nc(NCCNc4ccc(C(=O)C(F)(F)F)c(N)n4)n3n2)CC1. The first kappa shape index (κ1) is 33.2. The Kier molecular flexibility index (Phi) is 9.84. The standard InChI is InChI=1S/C29H30Cl2F3N9O3/c1-2-21(27(45)46)42-11-7-15(8-12-42)26-40-23-14-20(17-4-3-16(30)13-19(17)31)38-28(43(23)41-26)37-10-9-36-22-6-5-18(25(35)39-22)24(44)29(32,33)34/h3-6,13-15,21H,2,7-12H2,1H3,(H,37,38)(H,45,46)(H3,35,36,39). The first-order chi connectivity index (χ1) is 21.8. The van der Waals surface area contributed by atoms with E-state index < -0.39 is 35.4 Å². The number of rotatable bonds is 11. The van der Waals surface area contributed by atoms with Crippen molar-refractivity contribution in [1.82, 2.24) is 29.5 Å². The van der Waals surface area contributed by atoms with Crippen LogP contribution in [-0.2, 0) is 4.79 Å². The largest absolute Gasteiger partial charge is 0.480 e. The van der Waals surface area contributed by atoms with E-state index in [4.69, 9.17) is 44.0 Å². The molecule has 1 aliphatic rings. The average molecular weight is 681 g/mol. The van der Waals surface area contributed by atoms with Gasteiger partial charge in [0.2, 0.25) is 5.95 Å². The highest BCUT2D eigenvalue weighted by Gasteiger charge is 2.40. The Hall–Kier alpha value is -4.21. The summed E-state index contributed by atoms with van der Waals surface area (Å²) in [5, 5.41) is 21.3. The molecule has 0 spiro atoms. The lowest BCUT2D eigenvalue weighted by Gasteiger charge is -2.34. The van der Waals surface area contributed by atoms with E-state index in [1.165, 1.54) is 6.07 Å². The second-order valence-corrected chi connectivity index (χ2v) is 11.6. The highest BCUT2D eigenvalue weighted by Crippen LogP contribution is 2.32. The number of nitrogens with one attached hydrogen (secondary N) is 2. The third-order valence-electron chi connectivity index (χ3n) is 7.70. The number of aromatic nitrogens is 5. The topological polar surface area (TPSA) is 164 Å². The van der Waals surface area contributed by atoms with Gasteiger partial charge in [-0.05, 0) is 62.7 Å². The number of fused-ring (bicyclic) bond motifs is 1. The van der Waals surface area contributed by atoms with Gasteiger partial charge in [-0.1, -0.05) is 30.1 Å². The molecule has 0 radical (unpaired) electrons. The number of anilines is 3. The van der Waals surface area contributed by atoms with Crippen LogP contribution in [0.3, 0.4) is 0 Å². The van der Waals surface area contributed by atoms with Gasteiger partial charge >= 0.3 is 12.1 Å². The molecule has 5 N–H and O–H groups in total. The van der Waals surface area contributed by atoms with Crippen molar-refractivity contribution in [3.63, 3.8) is 0 Å². The number of aliphatic carboxylic acids is 1. The Morgan fingerprint density at radius 3 is 2.41 bits per heavy atom. The summed E-state index contributed by atoms with van der Waals surface area (Å²) in [6, 6.07) is 8.50. The highest BCUT2D eigenvalue weighted by atomic mass is 35.5. The van der Waals surface area contributed by atoms with Crippen LogP contribution in [-0.4, -0.2) is 84.7 Å². The summed E-state index contributed by atoms with van der Waals surface area (Å²) in [7, 11) is 0. The molecule has 17 heteroatoms. The van der Waals surface area contributed by atoms with Gasteiger partial charge in [0.15, 0.2) is 11.5 Å². The molecule has 1 unspecified atom stereocenters. The van der Waals surface area contributed by atoms with Crippen LogP contribution in [0.4, 0.5) is 30.8 Å². The number of carboxylic acids is 1. The number of carbonyl (C=O) groups is 2. The Morgan fingerprint density at radius 1 is 1.07 bits per heavy atom. The summed E-state index contributed by atoms with van der Waals surface area (Å²) < 4.78 is 40.0. The fraction of sp³-hybridized carbons (Fsp3) is 0.379. The summed E-state index contributed by atoms with van der Waals surface area (Å²) in [4.78, 5) is 38.6. The van der Waals surface area contributed by atoms with Gasteiger partial charge in [0.25, 0.3) is 5.78 Å². The Morgan fingerprint density at radius 2 is 1.78 bits per heavy atom. The van der Waals surface area contributed by atoms with Crippen LogP contribution in [0.5, 0.6) is 0 Å². The van der Waals surface area contributed by atoms with Crippen LogP contribution in [0.25, 0.3) is 16.9 Å². The predicted molar refractivity (Wildman–Crippen MR) is 168 cm³/mol. The van der Waals surface area contributed by atoms with E-state index in [2.05, 4.69) is 15.6 Å². The van der Waals surface area contributed by atoms with Crippen LogP contribution >= 0.6 is 23.2 Å². The van der Waals surface area contributed by atoms with Crippen molar-refractivity contribution in [3.05, 3.63) is 57.8 Å². The molecule has 1 aliphatic heterocycles. The lowest BCUT2D eigenvalue weighted by molar-refractivity contribution is -0.143. The van der Waals surface area contributed by atoms with Gasteiger partial charge in [0.05, 0.1) is 16.3 Å². The molecule has 0 aliphatic carbocycles. The highest BCUT2D eigenvalue weighted by molar-refractivity contribution is 6.36. The average Bonchev–Trinajstić information content (AvgIpc) is 3.43. The minimum Gasteiger partial charge on any atom is -0.480 e. The van der Waals surface area contributed by atoms with Gasteiger partial charge in [-0.25, -0.2) is 15.0 Å². The van der Waals surface area contributed by atoms with E-state index in [0.29, 0.717) is 71.1 Å². The molecule has 0 saturated carbocycles. The predicted octanol–water partition coefficient (Wildman–Crippen LogP) is 5.39. The maximum Gasteiger partial charge on any atom is 0.455 e. The molecule has 1 fully saturated rings. The molecule has 0 bridgehead atoms. The lowest BCUT2D eigenvalue weighted by Crippen LogP contribution is -2.45. The van der Waals surface area contributed by atoms with Crippen molar-refractivity contribution in [2.75, 3.05) is 42.5 Å². The number of halogens is 5. The number of alkyl halides is 3. The zero-order valence-corrected chi connectivity index (χ0v) is 26.0. The Balaban J connectivity index is 1.35. The maximum atomic E-state index is 12.8. The van der Waals surface area contributed by atoms with Gasteiger partial charge in [-0.15, -0.1) is 5.10 Å². The van der Waals surface area contributed by atoms with Crippen LogP contribution < -0.4 is 16.4 Å². The van der Waals surface area contributed by atoms with Crippen molar-refractivity contribution >= 4 is 58.2 Å². The molecule has 3 aromatic heterocycles. The van der Waals surface area contributed by atoms with Crippen molar-refractivity contribution in [1.29, 1.82) is 0 Å². The van der Waals surface area contributed by atoms with Crippen molar-refractivity contribution in [2.45, 2.75) is 44.3 Å². The number of nitrogens with two attached hydrogens (primary N) is 1. The van der Waals surface area contributed by atoms with E-state index in [-0.39, 0.29) is 24.8 Å². The third-order valence-corrected chi connectivity index (χ3v) is 8.24. The summed E-state index contributed by atoms with van der Waals surface area (Å²) in [6.45, 7) is 3.59. The van der Waals surface area contributed by atoms with Gasteiger partial charge < -0.3 is 21.5 Å². The summed E-state index contributed by atoms with van der Waals surface area (Å²) in [6.07, 6.45) is -3.15. The fourth-order valence-corrected chi connectivity index (χ4v) is 5.88. The molecular weight excluding hydrogens is 650 g/mol. The first-order valence-electron chi connectivity index (χ1n) is 14.4. The molecule has 1 saturated heterocycles. The second kappa shape index (κ2) is 13.6. The first-order valence-corrected chi connectivity index (χ1v) is 15.2. The number of ketones is 1. The second-order valence-electron chi connectivity index (χ2n) is 10.7. The molecule has 1 atom stereocenters. The molecule has 4 aromatic rings. The Labute approximate surface area is 271 Å². The van der Waals surface area contributed by atoms with E-state index in [0.717, 1.165) is 6.07 Å². The third kappa shape index (κ3) is 7.26. The zero-order valence-electron chi connectivity index (χ0n) is 24.5. The number of nitrogens with zero attached hydrogens (tertiary/aromatic N) is 6. The number of hydrogen-bond acceptors (Lipinski definition) is 10. The normalized spacial score (nSPS) is 15.2. The monoisotopic (exact) mass is 679 g/mol. The Bertz CT molecular complexity index is 1760. The number of carboxylic acid groups (broad SMARTS) is 1. The van der Waals surface area contributed by atoms with Crippen LogP contribution in [0, 0.1) is 0 Å². The van der Waals surface area contributed by atoms with Crippen LogP contribution in [0.1, 0.15) is 48.3 Å². The van der Waals surface area contributed by atoms with Gasteiger partial charge in [0.1, 0.15) is 17.7 Å². The molecule has 244 valence electrons. The van der Waals surface area contributed by atoms with Gasteiger partial charge in [0, 0.05) is 35.7 Å². The molecule has 5 rings (SSSR count). The number of piperidine rings is 1. The van der Waals surface area contributed by atoms with Gasteiger partial charge in [-0.3, -0.25) is 14.5 Å². The van der Waals surface area contributed by atoms with Crippen molar-refractivity contribution in [2.24, 2.45) is 0 Å². The molecule has 0 amide bonds. The number of pyridine rings is 1. The summed E-state index contributed by atoms with van der Waals surface area (Å²) >= 11 is 12.6. The quantitative estimate of drug-likeness (QED) is 0.119. The summed E-state index contributed by atoms with van der Waals surface area (Å²) in [5.74, 6) is -2.27. The minimum absolute atomic E-state index is 0.0169. The van der Waals surface area contributed by atoms with Crippen LogP contribution in [0.15, 0.2) is 36.4 Å². The molecule has 46 heavy (non-hydrogen) atoms. The van der Waals surface area contributed by atoms with E-state index in [1.807, 2.05) is 11.8 Å². The zero-order chi connectivity index (χ0) is 33.2. The summed E-state index contributed by atoms with van der Waals surface area (Å²) in [5.41, 5.74) is 6.55. The van der Waals surface area contributed by atoms with E-state index >= 15 is 0 Å². The number of likely N-dealkylation sites (tertiary alicyclic amines) is 1. The lowest BCUT2D eigenvalue weighted by atomic mass is 9.94. The minimum atomic E-state index is -5.06. The number of nitrogen functional groups attached to an aromatic ring is 1. The van der Waals surface area contributed by atoms with Crippen molar-refractivity contribution < 1.29 is 27.9 Å². The number of benzene rings is 1. The van der Waals surface area contributed by atoms with E-state index in [9.17, 15) is 27.9 Å². The van der Waals surface area contributed by atoms with Crippen LogP contribution in [0.2, 0.25) is 10.0 Å². The maximum absolute atomic E-state index is 12.8. The number of hydrogen-bond donors (Lipinski definition) is 4. The van der Waals surface area contributed by atoms with E-state index in [1.54, 1.807) is 28.8 Å². The fourth-order valence-electron chi connectivity index (χ4n) is 5.37. The molecule has 4 heterocycles. The molecule has 12 nitrogen and oxygen atoms in total. The van der Waals surface area contributed by atoms with Crippen molar-refractivity contribution in [3.8, 4) is 11.3 Å². The smallest absolute Gasteiger partial charge is 0.455 e. The number of Topliss-reactive ketones (excluding diaryl/α,β-unsaturated/α-hetero) is 1.